The molecule has 94 valence electrons. The Balaban J connectivity index is 2.46. The average molecular weight is 240 g/mol. The normalized spacial score (nSPS) is 12.5. The van der Waals surface area contributed by atoms with E-state index in [-0.39, 0.29) is 6.04 Å². The Morgan fingerprint density at radius 1 is 0.889 bits per heavy atom. The van der Waals surface area contributed by atoms with E-state index < -0.39 is 0 Å². The minimum Gasteiger partial charge on any atom is -0.320 e. The lowest BCUT2D eigenvalue weighted by Gasteiger charge is -2.17. The molecule has 0 aliphatic rings. The Morgan fingerprint density at radius 3 is 2.22 bits per heavy atom. The van der Waals surface area contributed by atoms with Crippen LogP contribution in [0.25, 0.3) is 0 Å². The predicted molar refractivity (Wildman–Crippen MR) is 75.7 cm³/mol. The number of nitrogens with zero attached hydrogens (tertiary/aromatic N) is 1. The molecule has 0 saturated carbocycles. The fourth-order valence-corrected chi connectivity index (χ4v) is 2.25. The second-order valence-electron chi connectivity index (χ2n) is 5.07. The minimum atomic E-state index is -0.100. The standard InChI is InChI=1S/C16H20N2/c1-10-5-14(9-18-8-10)16(17)15-7-12(3)11(2)6-13(15)4/h5-9,16H,17H2,1-4H3. The maximum absolute atomic E-state index is 6.36. The van der Waals surface area contributed by atoms with E-state index in [1.165, 1.54) is 22.3 Å². The molecule has 2 N–H and O–H groups in total. The summed E-state index contributed by atoms with van der Waals surface area (Å²) >= 11 is 0. The second kappa shape index (κ2) is 4.91. The van der Waals surface area contributed by atoms with Crippen molar-refractivity contribution in [3.05, 3.63) is 64.0 Å². The zero-order valence-corrected chi connectivity index (χ0v) is 11.5. The van der Waals surface area contributed by atoms with Crippen molar-refractivity contribution in [3.63, 3.8) is 0 Å². The zero-order chi connectivity index (χ0) is 13.3. The third kappa shape index (κ3) is 2.44. The third-order valence-electron chi connectivity index (χ3n) is 3.47. The van der Waals surface area contributed by atoms with E-state index in [1.54, 1.807) is 0 Å². The number of hydrogen-bond acceptors (Lipinski definition) is 2. The SMILES string of the molecule is Cc1cncc(C(N)c2cc(C)c(C)cc2C)c1. The summed E-state index contributed by atoms with van der Waals surface area (Å²) in [7, 11) is 0. The van der Waals surface area contributed by atoms with Gasteiger partial charge in [0.05, 0.1) is 6.04 Å². The summed E-state index contributed by atoms with van der Waals surface area (Å²) in [6, 6.07) is 6.40. The van der Waals surface area contributed by atoms with Gasteiger partial charge in [-0.1, -0.05) is 18.2 Å². The second-order valence-corrected chi connectivity index (χ2v) is 5.07. The van der Waals surface area contributed by atoms with Crippen molar-refractivity contribution in [1.82, 2.24) is 4.98 Å². The van der Waals surface area contributed by atoms with Crippen molar-refractivity contribution in [1.29, 1.82) is 0 Å². The van der Waals surface area contributed by atoms with Gasteiger partial charge in [-0.3, -0.25) is 4.98 Å². The fraction of sp³-hybridized carbons (Fsp3) is 0.312. The van der Waals surface area contributed by atoms with Crippen LogP contribution in [0.1, 0.15) is 39.4 Å². The molecule has 0 fully saturated rings. The molecule has 1 atom stereocenters. The van der Waals surface area contributed by atoms with Gasteiger partial charge in [-0.15, -0.1) is 0 Å². The number of rotatable bonds is 2. The summed E-state index contributed by atoms with van der Waals surface area (Å²) in [5.74, 6) is 0. The Bertz CT molecular complexity index is 573. The highest BCUT2D eigenvalue weighted by Crippen LogP contribution is 2.25. The van der Waals surface area contributed by atoms with Gasteiger partial charge in [0.15, 0.2) is 0 Å². The molecule has 0 aliphatic heterocycles. The fourth-order valence-electron chi connectivity index (χ4n) is 2.25. The lowest BCUT2D eigenvalue weighted by atomic mass is 9.92. The summed E-state index contributed by atoms with van der Waals surface area (Å²) in [6.07, 6.45) is 3.70. The van der Waals surface area contributed by atoms with Crippen molar-refractivity contribution in [2.45, 2.75) is 33.7 Å². The van der Waals surface area contributed by atoms with E-state index in [2.05, 4.69) is 44.0 Å². The first-order valence-corrected chi connectivity index (χ1v) is 6.24. The number of hydrogen-bond donors (Lipinski definition) is 1. The summed E-state index contributed by atoms with van der Waals surface area (Å²) < 4.78 is 0. The monoisotopic (exact) mass is 240 g/mol. The molecule has 2 heteroatoms. The Kier molecular flexibility index (Phi) is 3.48. The molecule has 1 aromatic carbocycles. The van der Waals surface area contributed by atoms with Gasteiger partial charge in [-0.2, -0.15) is 0 Å². The smallest absolute Gasteiger partial charge is 0.0569 e. The summed E-state index contributed by atoms with van der Waals surface area (Å²) in [5.41, 5.74) is 13.6. The van der Waals surface area contributed by atoms with Crippen LogP contribution >= 0.6 is 0 Å². The largest absolute Gasteiger partial charge is 0.320 e. The lowest BCUT2D eigenvalue weighted by molar-refractivity contribution is 0.848. The molecule has 2 rings (SSSR count). The van der Waals surface area contributed by atoms with Crippen LogP contribution in [0.3, 0.4) is 0 Å². The lowest BCUT2D eigenvalue weighted by Crippen LogP contribution is -2.14. The molecule has 0 radical (unpaired) electrons. The minimum absolute atomic E-state index is 0.100. The Labute approximate surface area is 109 Å². The molecular weight excluding hydrogens is 220 g/mol. The molecule has 2 nitrogen and oxygen atoms in total. The van der Waals surface area contributed by atoms with Gasteiger partial charge < -0.3 is 5.73 Å². The van der Waals surface area contributed by atoms with Gasteiger partial charge in [0.25, 0.3) is 0 Å². The Morgan fingerprint density at radius 2 is 1.56 bits per heavy atom. The van der Waals surface area contributed by atoms with Crippen LogP contribution in [0, 0.1) is 27.7 Å². The number of aryl methyl sites for hydroxylation is 4. The van der Waals surface area contributed by atoms with Gasteiger partial charge >= 0.3 is 0 Å². The number of aromatic nitrogens is 1. The van der Waals surface area contributed by atoms with E-state index in [4.69, 9.17) is 5.73 Å². The molecule has 1 unspecified atom stereocenters. The van der Waals surface area contributed by atoms with Crippen LogP contribution < -0.4 is 5.73 Å². The van der Waals surface area contributed by atoms with Gasteiger partial charge in [0.2, 0.25) is 0 Å². The summed E-state index contributed by atoms with van der Waals surface area (Å²) in [5, 5.41) is 0. The van der Waals surface area contributed by atoms with Crippen molar-refractivity contribution >= 4 is 0 Å². The zero-order valence-electron chi connectivity index (χ0n) is 11.5. The number of benzene rings is 1. The topological polar surface area (TPSA) is 38.9 Å². The highest BCUT2D eigenvalue weighted by Gasteiger charge is 2.13. The van der Waals surface area contributed by atoms with E-state index in [9.17, 15) is 0 Å². The van der Waals surface area contributed by atoms with E-state index in [1.807, 2.05) is 19.3 Å². The highest BCUT2D eigenvalue weighted by molar-refractivity contribution is 5.42. The van der Waals surface area contributed by atoms with E-state index in [0.717, 1.165) is 11.1 Å². The molecule has 0 bridgehead atoms. The van der Waals surface area contributed by atoms with Crippen LogP contribution in [-0.4, -0.2) is 4.98 Å². The maximum Gasteiger partial charge on any atom is 0.0569 e. The molecule has 1 heterocycles. The van der Waals surface area contributed by atoms with Gasteiger partial charge in [0, 0.05) is 12.4 Å². The molecule has 0 aliphatic carbocycles. The van der Waals surface area contributed by atoms with E-state index >= 15 is 0 Å². The maximum atomic E-state index is 6.36. The molecule has 1 aromatic heterocycles. The van der Waals surface area contributed by atoms with Gasteiger partial charge in [-0.05, 0) is 61.1 Å². The molecule has 0 amide bonds. The van der Waals surface area contributed by atoms with Gasteiger partial charge in [-0.25, -0.2) is 0 Å². The average Bonchev–Trinajstić information content (AvgIpc) is 2.33. The van der Waals surface area contributed by atoms with Gasteiger partial charge in [0.1, 0.15) is 0 Å². The first-order chi connectivity index (χ1) is 8.49. The van der Waals surface area contributed by atoms with Crippen LogP contribution in [0.2, 0.25) is 0 Å². The van der Waals surface area contributed by atoms with Crippen molar-refractivity contribution < 1.29 is 0 Å². The van der Waals surface area contributed by atoms with E-state index in [0.29, 0.717) is 0 Å². The quantitative estimate of drug-likeness (QED) is 0.874. The molecule has 0 spiro atoms. The number of pyridine rings is 1. The highest BCUT2D eigenvalue weighted by atomic mass is 14.7. The summed E-state index contributed by atoms with van der Waals surface area (Å²) in [4.78, 5) is 4.22. The van der Waals surface area contributed by atoms with Crippen LogP contribution in [0.15, 0.2) is 30.6 Å². The molecular formula is C16H20N2. The van der Waals surface area contributed by atoms with Crippen LogP contribution in [0.5, 0.6) is 0 Å². The summed E-state index contributed by atoms with van der Waals surface area (Å²) in [6.45, 7) is 8.41. The third-order valence-corrected chi connectivity index (χ3v) is 3.47. The number of nitrogens with two attached hydrogens (primary N) is 1. The van der Waals surface area contributed by atoms with Crippen molar-refractivity contribution in [2.75, 3.05) is 0 Å². The van der Waals surface area contributed by atoms with Crippen molar-refractivity contribution in [3.8, 4) is 0 Å². The first-order valence-electron chi connectivity index (χ1n) is 6.24. The molecule has 0 saturated heterocycles. The first kappa shape index (κ1) is 12.8. The van der Waals surface area contributed by atoms with Crippen LogP contribution in [-0.2, 0) is 0 Å². The Hall–Kier alpha value is -1.67. The predicted octanol–water partition coefficient (Wildman–Crippen LogP) is 3.36. The van der Waals surface area contributed by atoms with Crippen LogP contribution in [0.4, 0.5) is 0 Å². The van der Waals surface area contributed by atoms with Crippen molar-refractivity contribution in [2.24, 2.45) is 5.73 Å². The molecule has 2 aromatic rings. The molecule has 18 heavy (non-hydrogen) atoms.